The molecule has 2 aromatic carbocycles. The van der Waals surface area contributed by atoms with Crippen molar-refractivity contribution in [1.82, 2.24) is 0 Å². The highest BCUT2D eigenvalue weighted by Gasteiger charge is 2.32. The molecular formula is C13H7Cl3F3N. The van der Waals surface area contributed by atoms with E-state index in [2.05, 4.69) is 0 Å². The zero-order valence-corrected chi connectivity index (χ0v) is 12.0. The average Bonchev–Trinajstić information content (AvgIpc) is 2.33. The fourth-order valence-corrected chi connectivity index (χ4v) is 2.32. The van der Waals surface area contributed by atoms with Crippen LogP contribution in [0, 0.1) is 0 Å². The smallest absolute Gasteiger partial charge is 0.398 e. The molecule has 0 saturated carbocycles. The van der Waals surface area contributed by atoms with Crippen molar-refractivity contribution in [2.24, 2.45) is 0 Å². The van der Waals surface area contributed by atoms with Gasteiger partial charge >= 0.3 is 6.18 Å². The fraction of sp³-hybridized carbons (Fsp3) is 0.0769. The van der Waals surface area contributed by atoms with Crippen molar-refractivity contribution in [3.05, 3.63) is 51.0 Å². The highest BCUT2D eigenvalue weighted by molar-refractivity contribution is 6.48. The molecule has 0 spiro atoms. The maximum atomic E-state index is 12.6. The summed E-state index contributed by atoms with van der Waals surface area (Å²) in [6.45, 7) is 0. The van der Waals surface area contributed by atoms with Gasteiger partial charge in [-0.3, -0.25) is 0 Å². The van der Waals surface area contributed by atoms with Crippen LogP contribution >= 0.6 is 34.8 Å². The maximum absolute atomic E-state index is 12.6. The quantitative estimate of drug-likeness (QED) is 0.506. The van der Waals surface area contributed by atoms with E-state index in [0.717, 1.165) is 6.07 Å². The van der Waals surface area contributed by atoms with Gasteiger partial charge < -0.3 is 5.73 Å². The number of halogens is 6. The van der Waals surface area contributed by atoms with Crippen LogP contribution in [0.3, 0.4) is 0 Å². The third kappa shape index (κ3) is 2.97. The van der Waals surface area contributed by atoms with Crippen molar-refractivity contribution in [2.45, 2.75) is 6.18 Å². The van der Waals surface area contributed by atoms with Crippen molar-refractivity contribution in [3.8, 4) is 11.1 Å². The first kappa shape index (κ1) is 15.3. The summed E-state index contributed by atoms with van der Waals surface area (Å²) in [5.74, 6) is 0. The van der Waals surface area contributed by atoms with Gasteiger partial charge in [0, 0.05) is 5.69 Å². The summed E-state index contributed by atoms with van der Waals surface area (Å²) in [5, 5.41) is 0.622. The lowest BCUT2D eigenvalue weighted by Gasteiger charge is -2.12. The molecule has 0 aliphatic carbocycles. The van der Waals surface area contributed by atoms with Crippen molar-refractivity contribution in [3.63, 3.8) is 0 Å². The lowest BCUT2D eigenvalue weighted by Crippen LogP contribution is -2.08. The molecule has 7 heteroatoms. The maximum Gasteiger partial charge on any atom is 0.418 e. The molecule has 0 radical (unpaired) electrons. The van der Waals surface area contributed by atoms with Crippen LogP contribution in [0.5, 0.6) is 0 Å². The van der Waals surface area contributed by atoms with Crippen LogP contribution in [0.15, 0.2) is 30.3 Å². The van der Waals surface area contributed by atoms with E-state index in [0.29, 0.717) is 11.1 Å². The largest absolute Gasteiger partial charge is 0.418 e. The van der Waals surface area contributed by atoms with Crippen LogP contribution in [0.25, 0.3) is 11.1 Å². The monoisotopic (exact) mass is 339 g/mol. The number of rotatable bonds is 1. The van der Waals surface area contributed by atoms with E-state index in [4.69, 9.17) is 40.5 Å². The minimum Gasteiger partial charge on any atom is -0.398 e. The Morgan fingerprint density at radius 3 is 1.85 bits per heavy atom. The van der Waals surface area contributed by atoms with Gasteiger partial charge in [-0.2, -0.15) is 13.2 Å². The first-order valence-corrected chi connectivity index (χ1v) is 6.45. The molecule has 2 aromatic rings. The standard InChI is InChI=1S/C13H7Cl3F3N/c14-9-3-7(4-10(15)12(9)16)6-1-2-8(11(20)5-6)13(17,18)19/h1-5H,20H2. The van der Waals surface area contributed by atoms with Crippen LogP contribution < -0.4 is 5.73 Å². The number of hydrogen-bond acceptors (Lipinski definition) is 1. The molecule has 0 heterocycles. The number of anilines is 1. The summed E-state index contributed by atoms with van der Waals surface area (Å²) in [6, 6.07) is 6.46. The SMILES string of the molecule is Nc1cc(-c2cc(Cl)c(Cl)c(Cl)c2)ccc1C(F)(F)F. The third-order valence-electron chi connectivity index (χ3n) is 2.67. The van der Waals surface area contributed by atoms with Gasteiger partial charge in [0.25, 0.3) is 0 Å². The van der Waals surface area contributed by atoms with Crippen molar-refractivity contribution in [1.29, 1.82) is 0 Å². The van der Waals surface area contributed by atoms with Crippen molar-refractivity contribution >= 4 is 40.5 Å². The molecule has 0 fully saturated rings. The van der Waals surface area contributed by atoms with E-state index in [9.17, 15) is 13.2 Å². The molecule has 0 aromatic heterocycles. The van der Waals surface area contributed by atoms with E-state index in [1.165, 1.54) is 24.3 Å². The number of nitrogen functional groups attached to an aromatic ring is 1. The van der Waals surface area contributed by atoms with Crippen molar-refractivity contribution in [2.75, 3.05) is 5.73 Å². The molecule has 0 atom stereocenters. The molecule has 2 N–H and O–H groups in total. The minimum atomic E-state index is -4.49. The number of hydrogen-bond donors (Lipinski definition) is 1. The molecular weight excluding hydrogens is 334 g/mol. The molecule has 0 amide bonds. The molecule has 20 heavy (non-hydrogen) atoms. The van der Waals surface area contributed by atoms with E-state index in [1.54, 1.807) is 0 Å². The van der Waals surface area contributed by atoms with Crippen molar-refractivity contribution < 1.29 is 13.2 Å². The zero-order valence-electron chi connectivity index (χ0n) is 9.73. The van der Waals surface area contributed by atoms with Gasteiger partial charge in [0.2, 0.25) is 0 Å². The van der Waals surface area contributed by atoms with Gasteiger partial charge in [-0.05, 0) is 35.4 Å². The Hall–Kier alpha value is -1.10. The number of alkyl halides is 3. The van der Waals surface area contributed by atoms with E-state index in [-0.39, 0.29) is 20.8 Å². The predicted octanol–water partition coefficient (Wildman–Crippen LogP) is 5.91. The van der Waals surface area contributed by atoms with Gasteiger partial charge in [-0.15, -0.1) is 0 Å². The Morgan fingerprint density at radius 2 is 1.40 bits per heavy atom. The highest BCUT2D eigenvalue weighted by Crippen LogP contribution is 2.38. The van der Waals surface area contributed by atoms with Crippen LogP contribution in [-0.2, 0) is 6.18 Å². The zero-order chi connectivity index (χ0) is 15.1. The Morgan fingerprint density at radius 1 is 0.850 bits per heavy atom. The van der Waals surface area contributed by atoms with Gasteiger partial charge in [0.15, 0.2) is 0 Å². The molecule has 0 bridgehead atoms. The van der Waals surface area contributed by atoms with Crippen LogP contribution in [0.2, 0.25) is 15.1 Å². The molecule has 0 unspecified atom stereocenters. The van der Waals surface area contributed by atoms with E-state index in [1.807, 2.05) is 0 Å². The third-order valence-corrected chi connectivity index (χ3v) is 3.87. The molecule has 0 aliphatic rings. The molecule has 1 nitrogen and oxygen atoms in total. The average molecular weight is 341 g/mol. The van der Waals surface area contributed by atoms with Crippen LogP contribution in [0.1, 0.15) is 5.56 Å². The second kappa shape index (κ2) is 5.35. The van der Waals surface area contributed by atoms with E-state index < -0.39 is 11.7 Å². The van der Waals surface area contributed by atoms with Gasteiger partial charge in [0.1, 0.15) is 0 Å². The lowest BCUT2D eigenvalue weighted by molar-refractivity contribution is -0.136. The summed E-state index contributed by atoms with van der Waals surface area (Å²) < 4.78 is 37.9. The van der Waals surface area contributed by atoms with E-state index >= 15 is 0 Å². The van der Waals surface area contributed by atoms with Gasteiger partial charge in [-0.1, -0.05) is 40.9 Å². The minimum absolute atomic E-state index is 0.192. The second-order valence-electron chi connectivity index (χ2n) is 4.05. The summed E-state index contributed by atoms with van der Waals surface area (Å²) in [7, 11) is 0. The normalized spacial score (nSPS) is 11.7. The summed E-state index contributed by atoms with van der Waals surface area (Å²) in [6.07, 6.45) is -4.49. The fourth-order valence-electron chi connectivity index (χ4n) is 1.72. The van der Waals surface area contributed by atoms with Gasteiger partial charge in [-0.25, -0.2) is 0 Å². The lowest BCUT2D eigenvalue weighted by atomic mass is 10.0. The molecule has 0 saturated heterocycles. The summed E-state index contributed by atoms with van der Waals surface area (Å²) in [4.78, 5) is 0. The molecule has 106 valence electrons. The topological polar surface area (TPSA) is 26.0 Å². The Labute approximate surface area is 128 Å². The molecule has 0 aliphatic heterocycles. The Kier molecular flexibility index (Phi) is 4.09. The second-order valence-corrected chi connectivity index (χ2v) is 5.25. The predicted molar refractivity (Wildman–Crippen MR) is 76.3 cm³/mol. The number of nitrogens with two attached hydrogens (primary N) is 1. The van der Waals surface area contributed by atoms with Crippen LogP contribution in [0.4, 0.5) is 18.9 Å². The highest BCUT2D eigenvalue weighted by atomic mass is 35.5. The van der Waals surface area contributed by atoms with Crippen LogP contribution in [-0.4, -0.2) is 0 Å². The Balaban J connectivity index is 2.53. The first-order valence-electron chi connectivity index (χ1n) is 5.32. The first-order chi connectivity index (χ1) is 9.20. The summed E-state index contributed by atoms with van der Waals surface area (Å²) >= 11 is 17.6. The van der Waals surface area contributed by atoms with Gasteiger partial charge in [0.05, 0.1) is 20.6 Å². The summed E-state index contributed by atoms with van der Waals surface area (Å²) in [5.41, 5.74) is 5.19. The number of benzene rings is 2. The molecule has 2 rings (SSSR count). The Bertz CT molecular complexity index is 645.